The van der Waals surface area contributed by atoms with E-state index < -0.39 is 0 Å². The number of amides is 1. The Morgan fingerprint density at radius 2 is 2.08 bits per heavy atom. The van der Waals surface area contributed by atoms with Crippen LogP contribution in [0.3, 0.4) is 0 Å². The number of aliphatic imine (C=N–C) groups is 1. The van der Waals surface area contributed by atoms with Gasteiger partial charge in [-0.1, -0.05) is 26.7 Å². The summed E-state index contributed by atoms with van der Waals surface area (Å²) in [5.74, 6) is 1.88. The summed E-state index contributed by atoms with van der Waals surface area (Å²) in [6.07, 6.45) is 6.67. The summed E-state index contributed by atoms with van der Waals surface area (Å²) in [5, 5.41) is 7.07. The van der Waals surface area contributed by atoms with Crippen LogP contribution in [0.5, 0.6) is 0 Å². The SMILES string of the molecule is CCC(=O)N1CCC(NC(=NC)NCC2(N(C)C)CCCC(C)C2)C1.I. The molecule has 0 spiro atoms. The van der Waals surface area contributed by atoms with E-state index in [4.69, 9.17) is 0 Å². The van der Waals surface area contributed by atoms with Gasteiger partial charge in [-0.2, -0.15) is 0 Å². The van der Waals surface area contributed by atoms with Gasteiger partial charge in [0.15, 0.2) is 5.96 Å². The van der Waals surface area contributed by atoms with E-state index in [1.165, 1.54) is 25.7 Å². The summed E-state index contributed by atoms with van der Waals surface area (Å²) in [7, 11) is 6.22. The molecule has 1 aliphatic heterocycles. The lowest BCUT2D eigenvalue weighted by Gasteiger charge is -2.45. The minimum Gasteiger partial charge on any atom is -0.355 e. The van der Waals surface area contributed by atoms with E-state index in [9.17, 15) is 4.79 Å². The Balaban J connectivity index is 0.00000338. The van der Waals surface area contributed by atoms with E-state index in [2.05, 4.69) is 41.5 Å². The Morgan fingerprint density at radius 3 is 2.65 bits per heavy atom. The van der Waals surface area contributed by atoms with Crippen LogP contribution < -0.4 is 10.6 Å². The van der Waals surface area contributed by atoms with Gasteiger partial charge in [-0.05, 0) is 39.3 Å². The molecule has 2 rings (SSSR count). The third-order valence-corrected chi connectivity index (χ3v) is 6.01. The fourth-order valence-corrected chi connectivity index (χ4v) is 4.32. The number of hydrogen-bond acceptors (Lipinski definition) is 3. The maximum atomic E-state index is 11.8. The van der Waals surface area contributed by atoms with Crippen LogP contribution in [0.25, 0.3) is 0 Å². The highest BCUT2D eigenvalue weighted by molar-refractivity contribution is 14.0. The lowest BCUT2D eigenvalue weighted by molar-refractivity contribution is -0.129. The number of carbonyl (C=O) groups excluding carboxylic acids is 1. The Hall–Kier alpha value is -0.570. The molecular formula is C19H38IN5O. The first kappa shape index (κ1) is 23.5. The molecule has 3 atom stereocenters. The van der Waals surface area contributed by atoms with Gasteiger partial charge < -0.3 is 20.4 Å². The van der Waals surface area contributed by atoms with Gasteiger partial charge >= 0.3 is 0 Å². The number of guanidine groups is 1. The summed E-state index contributed by atoms with van der Waals surface area (Å²) in [6, 6.07) is 0.294. The third kappa shape index (κ3) is 5.97. The highest BCUT2D eigenvalue weighted by Crippen LogP contribution is 2.35. The van der Waals surface area contributed by atoms with Crippen LogP contribution in [0.2, 0.25) is 0 Å². The van der Waals surface area contributed by atoms with E-state index in [1.807, 2.05) is 18.9 Å². The first-order chi connectivity index (χ1) is 11.9. The molecule has 26 heavy (non-hydrogen) atoms. The molecule has 1 aliphatic carbocycles. The van der Waals surface area contributed by atoms with Crippen LogP contribution in [0.15, 0.2) is 4.99 Å². The molecule has 0 aromatic rings. The zero-order chi connectivity index (χ0) is 18.4. The molecule has 1 saturated carbocycles. The van der Waals surface area contributed by atoms with Crippen molar-refractivity contribution in [2.24, 2.45) is 10.9 Å². The standard InChI is InChI=1S/C19H37N5O.HI/c1-6-17(25)24-11-9-16(13-24)22-18(20-3)21-14-19(23(4)5)10-7-8-15(2)12-19;/h15-16H,6-14H2,1-5H3,(H2,20,21,22);1H. The second-order valence-corrected chi connectivity index (χ2v) is 8.07. The summed E-state index contributed by atoms with van der Waals surface area (Å²) < 4.78 is 0. The molecule has 6 nitrogen and oxygen atoms in total. The number of rotatable bonds is 5. The predicted molar refractivity (Wildman–Crippen MR) is 119 cm³/mol. The van der Waals surface area contributed by atoms with E-state index in [0.29, 0.717) is 12.5 Å². The number of carbonyl (C=O) groups is 1. The average Bonchev–Trinajstić information content (AvgIpc) is 3.06. The van der Waals surface area contributed by atoms with Crippen molar-refractivity contribution in [3.05, 3.63) is 0 Å². The van der Waals surface area contributed by atoms with Crippen molar-refractivity contribution in [2.75, 3.05) is 40.8 Å². The van der Waals surface area contributed by atoms with Gasteiger partial charge in [0.1, 0.15) is 0 Å². The van der Waals surface area contributed by atoms with Crippen LogP contribution in [-0.4, -0.2) is 74.0 Å². The van der Waals surface area contributed by atoms with Crippen molar-refractivity contribution < 1.29 is 4.79 Å². The molecule has 2 fully saturated rings. The van der Waals surface area contributed by atoms with Crippen molar-refractivity contribution in [2.45, 2.75) is 64.0 Å². The molecule has 0 aromatic heterocycles. The van der Waals surface area contributed by atoms with Crippen molar-refractivity contribution in [3.8, 4) is 0 Å². The third-order valence-electron chi connectivity index (χ3n) is 6.01. The maximum Gasteiger partial charge on any atom is 0.222 e. The van der Waals surface area contributed by atoms with Gasteiger partial charge in [-0.25, -0.2) is 0 Å². The van der Waals surface area contributed by atoms with E-state index in [1.54, 1.807) is 0 Å². The highest BCUT2D eigenvalue weighted by Gasteiger charge is 2.37. The minimum absolute atomic E-state index is 0. The monoisotopic (exact) mass is 479 g/mol. The number of halogens is 1. The van der Waals surface area contributed by atoms with Gasteiger partial charge in [0.2, 0.25) is 5.91 Å². The van der Waals surface area contributed by atoms with Crippen LogP contribution in [0.1, 0.15) is 52.4 Å². The molecule has 1 heterocycles. The highest BCUT2D eigenvalue weighted by atomic mass is 127. The number of hydrogen-bond donors (Lipinski definition) is 2. The molecule has 0 bridgehead atoms. The summed E-state index contributed by atoms with van der Waals surface area (Å²) >= 11 is 0. The Kier molecular flexibility index (Phi) is 9.64. The lowest BCUT2D eigenvalue weighted by atomic mass is 9.75. The van der Waals surface area contributed by atoms with Crippen molar-refractivity contribution in [3.63, 3.8) is 0 Å². The molecule has 1 amide bonds. The van der Waals surface area contributed by atoms with Crippen LogP contribution in [-0.2, 0) is 4.79 Å². The fraction of sp³-hybridized carbons (Fsp3) is 0.895. The van der Waals surface area contributed by atoms with Crippen molar-refractivity contribution in [1.29, 1.82) is 0 Å². The second-order valence-electron chi connectivity index (χ2n) is 8.07. The molecule has 3 unspecified atom stereocenters. The molecule has 2 aliphatic rings. The summed E-state index contributed by atoms with van der Waals surface area (Å²) in [4.78, 5) is 20.6. The molecule has 0 aromatic carbocycles. The van der Waals surface area contributed by atoms with E-state index in [0.717, 1.165) is 37.9 Å². The minimum atomic E-state index is 0. The molecule has 7 heteroatoms. The zero-order valence-corrected chi connectivity index (χ0v) is 19.5. The van der Waals surface area contributed by atoms with E-state index in [-0.39, 0.29) is 35.4 Å². The molecule has 0 radical (unpaired) electrons. The molecule has 152 valence electrons. The van der Waals surface area contributed by atoms with Crippen molar-refractivity contribution >= 4 is 35.8 Å². The van der Waals surface area contributed by atoms with Crippen LogP contribution in [0, 0.1) is 5.92 Å². The van der Waals surface area contributed by atoms with Crippen LogP contribution in [0.4, 0.5) is 0 Å². The van der Waals surface area contributed by atoms with Crippen LogP contribution >= 0.6 is 24.0 Å². The number of nitrogens with one attached hydrogen (secondary N) is 2. The zero-order valence-electron chi connectivity index (χ0n) is 17.2. The topological polar surface area (TPSA) is 60.0 Å². The number of likely N-dealkylation sites (N-methyl/N-ethyl adjacent to an activating group) is 1. The van der Waals surface area contributed by atoms with Gasteiger partial charge in [0.25, 0.3) is 0 Å². The summed E-state index contributed by atoms with van der Waals surface area (Å²) in [6.45, 7) is 6.83. The maximum absolute atomic E-state index is 11.8. The fourth-order valence-electron chi connectivity index (χ4n) is 4.32. The van der Waals surface area contributed by atoms with Gasteiger partial charge in [0, 0.05) is 44.7 Å². The Bertz CT molecular complexity index is 485. The Labute approximate surface area is 176 Å². The smallest absolute Gasteiger partial charge is 0.222 e. The largest absolute Gasteiger partial charge is 0.355 e. The lowest BCUT2D eigenvalue weighted by Crippen LogP contribution is -2.57. The van der Waals surface area contributed by atoms with Gasteiger partial charge in [-0.3, -0.25) is 9.79 Å². The first-order valence-corrected chi connectivity index (χ1v) is 9.82. The number of likely N-dealkylation sites (tertiary alicyclic amines) is 1. The molecular weight excluding hydrogens is 441 g/mol. The summed E-state index contributed by atoms with van der Waals surface area (Å²) in [5.41, 5.74) is 0.204. The van der Waals surface area contributed by atoms with E-state index >= 15 is 0 Å². The van der Waals surface area contributed by atoms with Crippen molar-refractivity contribution in [1.82, 2.24) is 20.4 Å². The first-order valence-electron chi connectivity index (χ1n) is 9.82. The molecule has 1 saturated heterocycles. The molecule has 2 N–H and O–H groups in total. The number of nitrogens with zero attached hydrogens (tertiary/aromatic N) is 3. The van der Waals surface area contributed by atoms with Gasteiger partial charge in [-0.15, -0.1) is 24.0 Å². The predicted octanol–water partition coefficient (Wildman–Crippen LogP) is 2.29. The second kappa shape index (κ2) is 10.7. The Morgan fingerprint density at radius 1 is 1.35 bits per heavy atom. The van der Waals surface area contributed by atoms with Gasteiger partial charge in [0.05, 0.1) is 0 Å². The quantitative estimate of drug-likeness (QED) is 0.361. The normalized spacial score (nSPS) is 29.5. The average molecular weight is 479 g/mol.